The van der Waals surface area contributed by atoms with E-state index in [0.29, 0.717) is 24.6 Å². The van der Waals surface area contributed by atoms with Crippen LogP contribution in [-0.4, -0.2) is 21.9 Å². The molecule has 0 atom stereocenters. The molecule has 0 aliphatic rings. The number of benzene rings is 1. The zero-order valence-corrected chi connectivity index (χ0v) is 15.3. The Bertz CT molecular complexity index is 1010. The van der Waals surface area contributed by atoms with E-state index < -0.39 is 0 Å². The highest BCUT2D eigenvalue weighted by Crippen LogP contribution is 2.28. The van der Waals surface area contributed by atoms with E-state index in [-0.39, 0.29) is 5.91 Å². The number of hydrogen-bond donors (Lipinski definition) is 1. The molecule has 3 heterocycles. The van der Waals surface area contributed by atoms with Gasteiger partial charge < -0.3 is 10.1 Å². The fraction of sp³-hybridized carbons (Fsp3) is 0.222. The molecular weight excluding hydrogens is 354 g/mol. The van der Waals surface area contributed by atoms with Gasteiger partial charge in [-0.1, -0.05) is 24.3 Å². The predicted octanol–water partition coefficient (Wildman–Crippen LogP) is 4.08. The number of carbonyl (C=O) groups excluding carboxylic acids is 1. The summed E-state index contributed by atoms with van der Waals surface area (Å²) in [6.07, 6.45) is 1.98. The van der Waals surface area contributed by atoms with Gasteiger partial charge in [0.2, 0.25) is 0 Å². The van der Waals surface area contributed by atoms with Gasteiger partial charge in [0.25, 0.3) is 5.91 Å². The Hall–Kier alpha value is -2.22. The van der Waals surface area contributed by atoms with Crippen LogP contribution >= 0.6 is 22.7 Å². The zero-order valence-electron chi connectivity index (χ0n) is 13.7. The first-order chi connectivity index (χ1) is 12.2. The molecule has 25 heavy (non-hydrogen) atoms. The summed E-state index contributed by atoms with van der Waals surface area (Å²) in [5.41, 5.74) is 3.19. The monoisotopic (exact) mass is 371 g/mol. The molecule has 0 spiro atoms. The maximum atomic E-state index is 12.4. The standard InChI is InChI=1S/C18H17N3O2S2/c1-2-23-11-13-5-3-12(4-6-13)10-19-16(22)15-9-14-17(25-15)20-18-21(14)7-8-24-18/h3-9H,2,10-11H2,1H3,(H,19,22). The van der Waals surface area contributed by atoms with E-state index in [1.54, 1.807) is 11.3 Å². The van der Waals surface area contributed by atoms with Gasteiger partial charge in [-0.3, -0.25) is 9.20 Å². The zero-order chi connectivity index (χ0) is 17.2. The van der Waals surface area contributed by atoms with Crippen LogP contribution in [0.15, 0.2) is 41.9 Å². The van der Waals surface area contributed by atoms with Crippen LogP contribution in [-0.2, 0) is 17.9 Å². The van der Waals surface area contributed by atoms with E-state index in [9.17, 15) is 4.79 Å². The summed E-state index contributed by atoms with van der Waals surface area (Å²) in [5, 5.41) is 4.97. The molecule has 4 rings (SSSR count). The Balaban J connectivity index is 1.42. The summed E-state index contributed by atoms with van der Waals surface area (Å²) in [4.78, 5) is 19.5. The Labute approximate surface area is 152 Å². The van der Waals surface area contributed by atoms with Gasteiger partial charge in [0.1, 0.15) is 4.83 Å². The minimum Gasteiger partial charge on any atom is -0.377 e. The van der Waals surface area contributed by atoms with Crippen molar-refractivity contribution in [1.82, 2.24) is 14.7 Å². The van der Waals surface area contributed by atoms with Gasteiger partial charge in [-0.15, -0.1) is 22.7 Å². The first-order valence-electron chi connectivity index (χ1n) is 8.03. The third-order valence-corrected chi connectivity index (χ3v) is 5.69. The van der Waals surface area contributed by atoms with Gasteiger partial charge in [0.15, 0.2) is 4.96 Å². The summed E-state index contributed by atoms with van der Waals surface area (Å²) in [6.45, 7) is 3.81. The van der Waals surface area contributed by atoms with Crippen LogP contribution in [0.5, 0.6) is 0 Å². The van der Waals surface area contributed by atoms with Crippen molar-refractivity contribution in [2.24, 2.45) is 0 Å². The number of aromatic nitrogens is 2. The third-order valence-electron chi connectivity index (χ3n) is 3.91. The van der Waals surface area contributed by atoms with Gasteiger partial charge in [-0.05, 0) is 24.1 Å². The van der Waals surface area contributed by atoms with E-state index in [4.69, 9.17) is 4.74 Å². The van der Waals surface area contributed by atoms with Crippen LogP contribution in [0.2, 0.25) is 0 Å². The molecule has 128 valence electrons. The lowest BCUT2D eigenvalue weighted by atomic mass is 10.1. The number of thiazole rings is 1. The predicted molar refractivity (Wildman–Crippen MR) is 101 cm³/mol. The summed E-state index contributed by atoms with van der Waals surface area (Å²) < 4.78 is 7.40. The molecule has 4 aromatic rings. The molecule has 1 N–H and O–H groups in total. The fourth-order valence-corrected chi connectivity index (χ4v) is 4.32. The number of fused-ring (bicyclic) bond motifs is 3. The van der Waals surface area contributed by atoms with Crippen molar-refractivity contribution in [2.75, 3.05) is 6.61 Å². The van der Waals surface area contributed by atoms with Crippen LogP contribution in [0.1, 0.15) is 27.7 Å². The number of nitrogens with one attached hydrogen (secondary N) is 1. The van der Waals surface area contributed by atoms with E-state index in [1.807, 2.05) is 53.2 Å². The van der Waals surface area contributed by atoms with Gasteiger partial charge in [-0.25, -0.2) is 4.98 Å². The van der Waals surface area contributed by atoms with Gasteiger partial charge in [0.05, 0.1) is 17.0 Å². The quantitative estimate of drug-likeness (QED) is 0.556. The maximum absolute atomic E-state index is 12.4. The second-order valence-electron chi connectivity index (χ2n) is 5.60. The van der Waals surface area contributed by atoms with Crippen LogP contribution in [0.4, 0.5) is 0 Å². The molecule has 0 radical (unpaired) electrons. The van der Waals surface area contributed by atoms with Crippen molar-refractivity contribution < 1.29 is 9.53 Å². The molecule has 0 aliphatic heterocycles. The van der Waals surface area contributed by atoms with Gasteiger partial charge in [0, 0.05) is 24.7 Å². The minimum absolute atomic E-state index is 0.0645. The number of amides is 1. The molecule has 3 aromatic heterocycles. The summed E-state index contributed by atoms with van der Waals surface area (Å²) >= 11 is 3.02. The lowest BCUT2D eigenvalue weighted by molar-refractivity contribution is 0.0955. The van der Waals surface area contributed by atoms with E-state index in [2.05, 4.69) is 10.3 Å². The average Bonchev–Trinajstić information content (AvgIpc) is 3.30. The largest absolute Gasteiger partial charge is 0.377 e. The molecule has 0 bridgehead atoms. The molecule has 1 amide bonds. The van der Waals surface area contributed by atoms with Crippen molar-refractivity contribution in [3.8, 4) is 0 Å². The van der Waals surface area contributed by atoms with E-state index in [0.717, 1.165) is 26.4 Å². The van der Waals surface area contributed by atoms with Crippen molar-refractivity contribution in [3.05, 3.63) is 57.9 Å². The first-order valence-corrected chi connectivity index (χ1v) is 9.73. The molecule has 1 aromatic carbocycles. The number of ether oxygens (including phenoxy) is 1. The van der Waals surface area contributed by atoms with Crippen LogP contribution in [0.25, 0.3) is 15.3 Å². The van der Waals surface area contributed by atoms with Gasteiger partial charge in [-0.2, -0.15) is 0 Å². The lowest BCUT2D eigenvalue weighted by Crippen LogP contribution is -2.21. The van der Waals surface area contributed by atoms with Gasteiger partial charge >= 0.3 is 0 Å². The number of rotatable bonds is 6. The SMILES string of the molecule is CCOCc1ccc(CNC(=O)c2cc3c(nc4sccn43)s2)cc1. The molecule has 0 fully saturated rings. The van der Waals surface area contributed by atoms with E-state index >= 15 is 0 Å². The number of nitrogens with zero attached hydrogens (tertiary/aromatic N) is 2. The van der Waals surface area contributed by atoms with Crippen molar-refractivity contribution in [1.29, 1.82) is 0 Å². The maximum Gasteiger partial charge on any atom is 0.261 e. The van der Waals surface area contributed by atoms with Crippen molar-refractivity contribution in [2.45, 2.75) is 20.1 Å². The average molecular weight is 371 g/mol. The smallest absolute Gasteiger partial charge is 0.261 e. The topological polar surface area (TPSA) is 55.6 Å². The van der Waals surface area contributed by atoms with Crippen molar-refractivity contribution in [3.63, 3.8) is 0 Å². The molecule has 5 nitrogen and oxygen atoms in total. The lowest BCUT2D eigenvalue weighted by Gasteiger charge is -2.06. The second-order valence-corrected chi connectivity index (χ2v) is 7.51. The Morgan fingerprint density at radius 3 is 2.88 bits per heavy atom. The molecule has 7 heteroatoms. The molecular formula is C18H17N3O2S2. The Morgan fingerprint density at radius 1 is 1.28 bits per heavy atom. The first kappa shape index (κ1) is 16.3. The summed E-state index contributed by atoms with van der Waals surface area (Å²) in [6, 6.07) is 10.0. The number of carbonyl (C=O) groups is 1. The number of hydrogen-bond acceptors (Lipinski definition) is 5. The Kier molecular flexibility index (Phi) is 4.52. The fourth-order valence-electron chi connectivity index (χ4n) is 2.60. The van der Waals surface area contributed by atoms with E-state index in [1.165, 1.54) is 11.3 Å². The van der Waals surface area contributed by atoms with Crippen LogP contribution in [0, 0.1) is 0 Å². The van der Waals surface area contributed by atoms with Crippen LogP contribution in [0.3, 0.4) is 0 Å². The minimum atomic E-state index is -0.0645. The third kappa shape index (κ3) is 3.30. The molecule has 0 saturated carbocycles. The molecule has 0 aliphatic carbocycles. The summed E-state index contributed by atoms with van der Waals surface area (Å²) in [5.74, 6) is -0.0645. The summed E-state index contributed by atoms with van der Waals surface area (Å²) in [7, 11) is 0. The number of thiophene rings is 1. The van der Waals surface area contributed by atoms with Crippen molar-refractivity contribution >= 4 is 43.9 Å². The second kappa shape index (κ2) is 6.95. The molecule has 0 saturated heterocycles. The molecule has 0 unspecified atom stereocenters. The highest BCUT2D eigenvalue weighted by molar-refractivity contribution is 7.21. The normalized spacial score (nSPS) is 11.4. The highest BCUT2D eigenvalue weighted by Gasteiger charge is 2.14. The highest BCUT2D eigenvalue weighted by atomic mass is 32.1. The number of imidazole rings is 1. The van der Waals surface area contributed by atoms with Crippen LogP contribution < -0.4 is 5.32 Å². The Morgan fingerprint density at radius 2 is 2.08 bits per heavy atom.